The maximum absolute atomic E-state index is 12.6. The molecule has 0 saturated carbocycles. The molecule has 0 aromatic heterocycles. The first-order valence-electron chi connectivity index (χ1n) is 16.5. The highest BCUT2D eigenvalue weighted by Crippen LogP contribution is 2.44. The number of fused-ring (bicyclic) bond motifs is 3. The maximum atomic E-state index is 12.6. The Balaban J connectivity index is 1.03. The van der Waals surface area contributed by atoms with Gasteiger partial charge in [-0.3, -0.25) is 0 Å². The molecule has 0 aliphatic heterocycles. The lowest BCUT2D eigenvalue weighted by atomic mass is 9.98. The van der Waals surface area contributed by atoms with Gasteiger partial charge in [-0.05, 0) is 29.3 Å². The van der Waals surface area contributed by atoms with Crippen LogP contribution in [-0.2, 0) is 42.6 Å². The third-order valence-electron chi connectivity index (χ3n) is 7.32. The number of likely N-dealkylation sites (N-methyl/N-ethyl adjacent to an activating group) is 2. The van der Waals surface area contributed by atoms with E-state index >= 15 is 0 Å². The number of carbonyl (C=O) groups is 1. The van der Waals surface area contributed by atoms with Crippen LogP contribution in [0.4, 0.5) is 4.79 Å². The van der Waals surface area contributed by atoms with Gasteiger partial charge in [0.05, 0.1) is 106 Å². The van der Waals surface area contributed by atoms with Gasteiger partial charge in [0.1, 0.15) is 6.61 Å². The zero-order valence-corrected chi connectivity index (χ0v) is 28.2. The van der Waals surface area contributed by atoms with Crippen LogP contribution < -0.4 is 5.32 Å². The molecule has 0 heterocycles. The van der Waals surface area contributed by atoms with E-state index in [1.165, 1.54) is 27.2 Å². The summed E-state index contributed by atoms with van der Waals surface area (Å²) in [5.41, 5.74) is 4.81. The third kappa shape index (κ3) is 15.9. The van der Waals surface area contributed by atoms with E-state index in [9.17, 15) is 4.79 Å². The lowest BCUT2D eigenvalue weighted by Gasteiger charge is -2.19. The molecule has 2 aromatic rings. The van der Waals surface area contributed by atoms with E-state index < -0.39 is 0 Å². The van der Waals surface area contributed by atoms with Gasteiger partial charge in [0.25, 0.3) is 0 Å². The number of hydrogen-bond acceptors (Lipinski definition) is 11. The van der Waals surface area contributed by atoms with E-state index in [1.807, 2.05) is 31.3 Å². The fraction of sp³-hybridized carbons (Fsp3) is 0.629. The maximum Gasteiger partial charge on any atom is 0.409 e. The Hall–Kier alpha value is -2.65. The van der Waals surface area contributed by atoms with Gasteiger partial charge in [-0.25, -0.2) is 4.79 Å². The molecule has 47 heavy (non-hydrogen) atoms. The molecule has 3 rings (SSSR count). The van der Waals surface area contributed by atoms with Crippen molar-refractivity contribution < 1.29 is 47.4 Å². The standard InChI is InChI=1S/C35H54N2O10/c1-36-11-13-39-15-17-41-19-21-43-23-25-45-27-28-46-26-24-44-22-20-42-18-16-40-14-12-37(2)35(38)47-29-34-32-9-5-3-7-30(32)31-8-4-6-10-33(31)34/h3-10,34,36H,11-29H2,1-2H3. The van der Waals surface area contributed by atoms with Crippen molar-refractivity contribution in [3.63, 3.8) is 0 Å². The van der Waals surface area contributed by atoms with E-state index in [4.69, 9.17) is 42.6 Å². The Kier molecular flexibility index (Phi) is 20.9. The molecule has 264 valence electrons. The molecular formula is C35H54N2O10. The lowest BCUT2D eigenvalue weighted by Crippen LogP contribution is -2.32. The lowest BCUT2D eigenvalue weighted by molar-refractivity contribution is -0.0232. The number of rotatable bonds is 29. The fourth-order valence-electron chi connectivity index (χ4n) is 4.81. The van der Waals surface area contributed by atoms with Gasteiger partial charge in [-0.1, -0.05) is 48.5 Å². The highest BCUT2D eigenvalue weighted by molar-refractivity contribution is 5.79. The minimum atomic E-state index is -0.360. The molecule has 1 amide bonds. The van der Waals surface area contributed by atoms with Crippen molar-refractivity contribution in [1.29, 1.82) is 0 Å². The van der Waals surface area contributed by atoms with Gasteiger partial charge in [0, 0.05) is 26.1 Å². The molecule has 0 atom stereocenters. The van der Waals surface area contributed by atoms with Gasteiger partial charge >= 0.3 is 6.09 Å². The molecule has 0 fully saturated rings. The summed E-state index contributed by atoms with van der Waals surface area (Å²) in [5.74, 6) is 0.0436. The molecule has 0 spiro atoms. The Morgan fingerprint density at radius 1 is 0.574 bits per heavy atom. The fourth-order valence-corrected chi connectivity index (χ4v) is 4.81. The summed E-state index contributed by atoms with van der Waals surface area (Å²) in [6.07, 6.45) is -0.360. The van der Waals surface area contributed by atoms with Crippen LogP contribution in [0.1, 0.15) is 17.0 Å². The second kappa shape index (κ2) is 25.4. The first-order chi connectivity index (χ1) is 23.2. The molecule has 0 radical (unpaired) electrons. The van der Waals surface area contributed by atoms with Gasteiger partial charge in [-0.2, -0.15) is 0 Å². The van der Waals surface area contributed by atoms with E-state index in [-0.39, 0.29) is 12.0 Å². The molecule has 1 aliphatic carbocycles. The monoisotopic (exact) mass is 662 g/mol. The third-order valence-corrected chi connectivity index (χ3v) is 7.32. The first-order valence-corrected chi connectivity index (χ1v) is 16.5. The van der Waals surface area contributed by atoms with Crippen LogP contribution in [0.25, 0.3) is 11.1 Å². The zero-order valence-electron chi connectivity index (χ0n) is 28.2. The van der Waals surface area contributed by atoms with Crippen molar-refractivity contribution >= 4 is 6.09 Å². The molecule has 2 aromatic carbocycles. The molecule has 12 heteroatoms. The van der Waals surface area contributed by atoms with Gasteiger partial charge < -0.3 is 52.8 Å². The Bertz CT molecular complexity index is 1050. The van der Waals surface area contributed by atoms with Crippen molar-refractivity contribution in [2.45, 2.75) is 5.92 Å². The number of amides is 1. The number of nitrogens with one attached hydrogen (secondary N) is 1. The Morgan fingerprint density at radius 2 is 0.936 bits per heavy atom. The molecule has 1 N–H and O–H groups in total. The quantitative estimate of drug-likeness (QED) is 0.130. The van der Waals surface area contributed by atoms with Crippen LogP contribution in [0.3, 0.4) is 0 Å². The van der Waals surface area contributed by atoms with Crippen LogP contribution in [0, 0.1) is 0 Å². The summed E-state index contributed by atoms with van der Waals surface area (Å²) < 4.78 is 49.5. The largest absolute Gasteiger partial charge is 0.448 e. The second-order valence-electron chi connectivity index (χ2n) is 10.7. The van der Waals surface area contributed by atoms with E-state index in [0.29, 0.717) is 119 Å². The summed E-state index contributed by atoms with van der Waals surface area (Å²) in [6.45, 7) is 9.79. The molecule has 0 saturated heterocycles. The van der Waals surface area contributed by atoms with Crippen LogP contribution >= 0.6 is 0 Å². The summed E-state index contributed by atoms with van der Waals surface area (Å²) in [4.78, 5) is 14.1. The summed E-state index contributed by atoms with van der Waals surface area (Å²) >= 11 is 0. The van der Waals surface area contributed by atoms with E-state index in [0.717, 1.165) is 6.54 Å². The van der Waals surface area contributed by atoms with Gasteiger partial charge in [0.2, 0.25) is 0 Å². The molecular weight excluding hydrogens is 608 g/mol. The van der Waals surface area contributed by atoms with E-state index in [2.05, 4.69) is 29.6 Å². The smallest absolute Gasteiger partial charge is 0.409 e. The normalized spacial score (nSPS) is 12.3. The Morgan fingerprint density at radius 3 is 1.34 bits per heavy atom. The highest BCUT2D eigenvalue weighted by atomic mass is 16.6. The van der Waals surface area contributed by atoms with Gasteiger partial charge in [0.15, 0.2) is 0 Å². The summed E-state index contributed by atoms with van der Waals surface area (Å²) in [6, 6.07) is 16.6. The highest BCUT2D eigenvalue weighted by Gasteiger charge is 2.29. The second-order valence-corrected chi connectivity index (χ2v) is 10.7. The average Bonchev–Trinajstić information content (AvgIpc) is 3.42. The SMILES string of the molecule is CNCCOCCOCCOCCOCCOCCOCCOCCOCCN(C)C(=O)OCC1c2ccccc2-c2ccccc21. The average molecular weight is 663 g/mol. The van der Waals surface area contributed by atoms with Crippen LogP contribution in [0.2, 0.25) is 0 Å². The topological polar surface area (TPSA) is 115 Å². The van der Waals surface area contributed by atoms with Crippen molar-refractivity contribution in [1.82, 2.24) is 10.2 Å². The molecule has 0 unspecified atom stereocenters. The van der Waals surface area contributed by atoms with Crippen molar-refractivity contribution in [2.24, 2.45) is 0 Å². The molecule has 0 bridgehead atoms. The van der Waals surface area contributed by atoms with Crippen molar-refractivity contribution in [2.75, 3.05) is 140 Å². The van der Waals surface area contributed by atoms with Crippen LogP contribution in [0.5, 0.6) is 0 Å². The molecule has 12 nitrogen and oxygen atoms in total. The number of nitrogens with zero attached hydrogens (tertiary/aromatic N) is 1. The predicted octanol–water partition coefficient (Wildman–Crippen LogP) is 3.22. The van der Waals surface area contributed by atoms with Crippen molar-refractivity contribution in [3.8, 4) is 11.1 Å². The number of ether oxygens (including phenoxy) is 9. The number of carbonyl (C=O) groups excluding carboxylic acids is 1. The summed E-state index contributed by atoms with van der Waals surface area (Å²) in [7, 11) is 3.61. The summed E-state index contributed by atoms with van der Waals surface area (Å²) in [5, 5.41) is 3.02. The number of benzene rings is 2. The van der Waals surface area contributed by atoms with Crippen molar-refractivity contribution in [3.05, 3.63) is 59.7 Å². The minimum Gasteiger partial charge on any atom is -0.448 e. The Labute approximate surface area is 279 Å². The minimum absolute atomic E-state index is 0.0436. The first kappa shape index (κ1) is 38.8. The van der Waals surface area contributed by atoms with Gasteiger partial charge in [-0.15, -0.1) is 0 Å². The van der Waals surface area contributed by atoms with E-state index in [1.54, 1.807) is 7.05 Å². The number of hydrogen-bond donors (Lipinski definition) is 1. The van der Waals surface area contributed by atoms with Crippen LogP contribution in [-0.4, -0.2) is 150 Å². The zero-order chi connectivity index (χ0) is 33.2. The van der Waals surface area contributed by atoms with Crippen LogP contribution in [0.15, 0.2) is 48.5 Å². The molecule has 1 aliphatic rings. The predicted molar refractivity (Wildman–Crippen MR) is 178 cm³/mol.